The second-order valence-electron chi connectivity index (χ2n) is 4.75. The van der Waals surface area contributed by atoms with Crippen molar-refractivity contribution >= 4 is 21.6 Å². The van der Waals surface area contributed by atoms with E-state index in [4.69, 9.17) is 16.9 Å². The molecule has 7 heteroatoms. The largest absolute Gasteiger partial charge is 0.317 e. The van der Waals surface area contributed by atoms with Gasteiger partial charge in [0.25, 0.3) is 0 Å². The molecule has 1 saturated heterocycles. The molecule has 0 amide bonds. The molecule has 1 atom stereocenters. The topological polar surface area (TPSA) is 82.0 Å². The summed E-state index contributed by atoms with van der Waals surface area (Å²) in [6, 6.07) is 6.03. The van der Waals surface area contributed by atoms with Crippen LogP contribution < -0.4 is 10.0 Å². The first kappa shape index (κ1) is 15.3. The van der Waals surface area contributed by atoms with Crippen LogP contribution in [0.1, 0.15) is 24.8 Å². The fraction of sp³-hybridized carbons (Fsp3) is 0.462. The molecule has 1 aliphatic rings. The number of hydrogen-bond donors (Lipinski definition) is 2. The zero-order valence-corrected chi connectivity index (χ0v) is 12.5. The smallest absolute Gasteiger partial charge is 0.242 e. The average Bonchev–Trinajstić information content (AvgIpc) is 2.67. The molecule has 0 saturated carbocycles. The highest BCUT2D eigenvalue weighted by molar-refractivity contribution is 7.89. The Labute approximate surface area is 124 Å². The predicted molar refractivity (Wildman–Crippen MR) is 77.0 cm³/mol. The molecule has 0 aliphatic carbocycles. The molecule has 2 N–H and O–H groups in total. The first-order valence-electron chi connectivity index (χ1n) is 6.45. The van der Waals surface area contributed by atoms with Crippen molar-refractivity contribution in [3.63, 3.8) is 0 Å². The second-order valence-corrected chi connectivity index (χ2v) is 6.87. The molecule has 1 aliphatic heterocycles. The number of sulfonamides is 1. The van der Waals surface area contributed by atoms with Crippen LogP contribution in [0.25, 0.3) is 0 Å². The van der Waals surface area contributed by atoms with Gasteiger partial charge in [-0.3, -0.25) is 0 Å². The summed E-state index contributed by atoms with van der Waals surface area (Å²) < 4.78 is 27.5. The van der Waals surface area contributed by atoms with Crippen LogP contribution in [-0.2, 0) is 10.0 Å². The summed E-state index contributed by atoms with van der Waals surface area (Å²) in [6.45, 7) is 1.69. The van der Waals surface area contributed by atoms with Crippen molar-refractivity contribution < 1.29 is 8.42 Å². The van der Waals surface area contributed by atoms with Gasteiger partial charge in [-0.05, 0) is 50.6 Å². The van der Waals surface area contributed by atoms with Crippen LogP contribution >= 0.6 is 11.6 Å². The fourth-order valence-corrected chi connectivity index (χ4v) is 3.95. The van der Waals surface area contributed by atoms with Crippen LogP contribution in [0.4, 0.5) is 0 Å². The van der Waals surface area contributed by atoms with Gasteiger partial charge in [0.2, 0.25) is 10.0 Å². The van der Waals surface area contributed by atoms with E-state index in [0.29, 0.717) is 5.02 Å². The highest BCUT2D eigenvalue weighted by atomic mass is 35.5. The first-order valence-corrected chi connectivity index (χ1v) is 8.32. The van der Waals surface area contributed by atoms with Gasteiger partial charge in [0, 0.05) is 11.1 Å². The van der Waals surface area contributed by atoms with E-state index in [1.165, 1.54) is 18.2 Å². The zero-order valence-electron chi connectivity index (χ0n) is 10.9. The lowest BCUT2D eigenvalue weighted by Gasteiger charge is -2.16. The van der Waals surface area contributed by atoms with Crippen molar-refractivity contribution in [2.75, 3.05) is 13.1 Å². The Kier molecular flexibility index (Phi) is 5.00. The Hall–Kier alpha value is -1.13. The lowest BCUT2D eigenvalue weighted by molar-refractivity contribution is 0.518. The number of benzene rings is 1. The van der Waals surface area contributed by atoms with E-state index < -0.39 is 10.0 Å². The van der Waals surface area contributed by atoms with Gasteiger partial charge in [-0.1, -0.05) is 11.6 Å². The van der Waals surface area contributed by atoms with E-state index in [-0.39, 0.29) is 16.5 Å². The normalized spacial score (nSPS) is 20.1. The number of rotatable bonds is 3. The minimum absolute atomic E-state index is 0.0512. The van der Waals surface area contributed by atoms with E-state index in [1.807, 2.05) is 6.07 Å². The van der Waals surface area contributed by atoms with E-state index in [0.717, 1.165) is 32.4 Å². The van der Waals surface area contributed by atoms with Crippen LogP contribution in [0.2, 0.25) is 5.02 Å². The summed E-state index contributed by atoms with van der Waals surface area (Å²) >= 11 is 5.84. The molecular formula is C13H16ClN3O2S. The fourth-order valence-electron chi connectivity index (χ4n) is 2.23. The van der Waals surface area contributed by atoms with Crippen molar-refractivity contribution in [2.24, 2.45) is 0 Å². The molecular weight excluding hydrogens is 298 g/mol. The van der Waals surface area contributed by atoms with E-state index in [1.54, 1.807) is 0 Å². The molecule has 20 heavy (non-hydrogen) atoms. The number of nitrogens with one attached hydrogen (secondary N) is 2. The maximum absolute atomic E-state index is 12.4. The lowest BCUT2D eigenvalue weighted by atomic mass is 10.1. The van der Waals surface area contributed by atoms with Gasteiger partial charge in [-0.2, -0.15) is 5.26 Å². The van der Waals surface area contributed by atoms with Crippen molar-refractivity contribution in [1.29, 1.82) is 5.26 Å². The number of nitrogens with zero attached hydrogens (tertiary/aromatic N) is 1. The third kappa shape index (κ3) is 3.70. The van der Waals surface area contributed by atoms with Gasteiger partial charge in [0.1, 0.15) is 11.0 Å². The Balaban J connectivity index is 2.26. The average molecular weight is 314 g/mol. The summed E-state index contributed by atoms with van der Waals surface area (Å²) in [7, 11) is -3.73. The monoisotopic (exact) mass is 313 g/mol. The van der Waals surface area contributed by atoms with Crippen molar-refractivity contribution in [1.82, 2.24) is 10.0 Å². The molecule has 1 unspecified atom stereocenters. The first-order chi connectivity index (χ1) is 9.53. The third-order valence-electron chi connectivity index (χ3n) is 3.25. The summed E-state index contributed by atoms with van der Waals surface area (Å²) in [4.78, 5) is -0.0512. The Morgan fingerprint density at radius 3 is 2.90 bits per heavy atom. The summed E-state index contributed by atoms with van der Waals surface area (Å²) in [5.74, 6) is 0. The van der Waals surface area contributed by atoms with Gasteiger partial charge < -0.3 is 5.32 Å². The quantitative estimate of drug-likeness (QED) is 0.888. The SMILES string of the molecule is N#Cc1ccc(Cl)cc1S(=O)(=O)NC1CCCNCC1. The van der Waals surface area contributed by atoms with Gasteiger partial charge in [0.15, 0.2) is 0 Å². The van der Waals surface area contributed by atoms with Gasteiger partial charge in [-0.25, -0.2) is 13.1 Å². The molecule has 1 aromatic carbocycles. The molecule has 0 bridgehead atoms. The standard InChI is InChI=1S/C13H16ClN3O2S/c14-11-4-3-10(9-15)13(8-11)20(18,19)17-12-2-1-6-16-7-5-12/h3-4,8,12,16-17H,1-2,5-7H2. The Morgan fingerprint density at radius 2 is 2.15 bits per heavy atom. The van der Waals surface area contributed by atoms with Gasteiger partial charge in [0.05, 0.1) is 5.56 Å². The molecule has 0 spiro atoms. The van der Waals surface area contributed by atoms with Crippen molar-refractivity contribution in [2.45, 2.75) is 30.2 Å². The predicted octanol–water partition coefficient (Wildman–Crippen LogP) is 1.63. The van der Waals surface area contributed by atoms with Crippen molar-refractivity contribution in [3.05, 3.63) is 28.8 Å². The molecule has 5 nitrogen and oxygen atoms in total. The Morgan fingerprint density at radius 1 is 1.35 bits per heavy atom. The van der Waals surface area contributed by atoms with Crippen LogP contribution in [-0.4, -0.2) is 27.5 Å². The van der Waals surface area contributed by atoms with Gasteiger partial charge in [-0.15, -0.1) is 0 Å². The number of hydrogen-bond acceptors (Lipinski definition) is 4. The molecule has 1 aromatic rings. The maximum atomic E-state index is 12.4. The maximum Gasteiger partial charge on any atom is 0.242 e. The van der Waals surface area contributed by atoms with Crippen LogP contribution in [0, 0.1) is 11.3 Å². The van der Waals surface area contributed by atoms with Crippen molar-refractivity contribution in [3.8, 4) is 6.07 Å². The minimum atomic E-state index is -3.73. The summed E-state index contributed by atoms with van der Waals surface area (Å²) in [6.07, 6.45) is 2.45. The summed E-state index contributed by atoms with van der Waals surface area (Å²) in [5.41, 5.74) is 0.105. The molecule has 2 rings (SSSR count). The van der Waals surface area contributed by atoms with E-state index in [9.17, 15) is 8.42 Å². The van der Waals surface area contributed by atoms with E-state index >= 15 is 0 Å². The van der Waals surface area contributed by atoms with Crippen LogP contribution in [0.3, 0.4) is 0 Å². The zero-order chi connectivity index (χ0) is 14.6. The van der Waals surface area contributed by atoms with E-state index in [2.05, 4.69) is 10.0 Å². The molecule has 108 valence electrons. The van der Waals surface area contributed by atoms with Crippen LogP contribution in [0.15, 0.2) is 23.1 Å². The van der Waals surface area contributed by atoms with Gasteiger partial charge >= 0.3 is 0 Å². The third-order valence-corrected chi connectivity index (χ3v) is 5.05. The summed E-state index contributed by atoms with van der Waals surface area (Å²) in [5, 5.41) is 12.6. The number of nitriles is 1. The molecule has 0 aromatic heterocycles. The molecule has 0 radical (unpaired) electrons. The lowest BCUT2D eigenvalue weighted by Crippen LogP contribution is -2.35. The molecule has 1 fully saturated rings. The minimum Gasteiger partial charge on any atom is -0.317 e. The Bertz CT molecular complexity index is 617. The van der Waals surface area contributed by atoms with Crippen LogP contribution in [0.5, 0.6) is 0 Å². The number of halogens is 1. The highest BCUT2D eigenvalue weighted by Gasteiger charge is 2.23. The second kappa shape index (κ2) is 6.55. The molecule has 1 heterocycles. The highest BCUT2D eigenvalue weighted by Crippen LogP contribution is 2.21.